The van der Waals surface area contributed by atoms with Gasteiger partial charge in [-0.1, -0.05) is 12.1 Å². The third kappa shape index (κ3) is 4.64. The van der Waals surface area contributed by atoms with E-state index in [4.69, 9.17) is 23.2 Å². The largest absolute Gasteiger partial charge is 0.573 e. The molecule has 1 rings (SSSR count). The average molecular weight is 287 g/mol. The number of rotatable bonds is 5. The predicted octanol–water partition coefficient (Wildman–Crippen LogP) is 4.50. The summed E-state index contributed by atoms with van der Waals surface area (Å²) in [5, 5.41) is 0. The van der Waals surface area contributed by atoms with Crippen molar-refractivity contribution in [3.05, 3.63) is 29.3 Å². The lowest BCUT2D eigenvalue weighted by atomic mass is 10.0. The van der Waals surface area contributed by atoms with Crippen molar-refractivity contribution < 1.29 is 17.9 Å². The van der Waals surface area contributed by atoms with Crippen molar-refractivity contribution in [3.8, 4) is 5.75 Å². The van der Waals surface area contributed by atoms with E-state index in [2.05, 4.69) is 4.74 Å². The Kier molecular flexibility index (Phi) is 5.40. The molecule has 0 spiro atoms. The Morgan fingerprint density at radius 3 is 2.41 bits per heavy atom. The van der Waals surface area contributed by atoms with Gasteiger partial charge in [0.2, 0.25) is 0 Å². The van der Waals surface area contributed by atoms with E-state index >= 15 is 0 Å². The van der Waals surface area contributed by atoms with Crippen molar-refractivity contribution in [1.82, 2.24) is 0 Å². The molecule has 0 saturated carbocycles. The molecule has 0 aliphatic heterocycles. The Hall–Kier alpha value is -0.610. The van der Waals surface area contributed by atoms with Crippen LogP contribution < -0.4 is 4.74 Å². The SMILES string of the molecule is FC(F)(F)Oc1cccc(CCCCl)c1CCl. The molecule has 0 N–H and O–H groups in total. The van der Waals surface area contributed by atoms with Gasteiger partial charge in [0.25, 0.3) is 0 Å². The second kappa shape index (κ2) is 6.36. The monoisotopic (exact) mass is 286 g/mol. The molecule has 96 valence electrons. The summed E-state index contributed by atoms with van der Waals surface area (Å²) in [4.78, 5) is 0. The molecule has 1 nitrogen and oxygen atoms in total. The molecule has 0 radical (unpaired) electrons. The van der Waals surface area contributed by atoms with E-state index in [-0.39, 0.29) is 11.6 Å². The van der Waals surface area contributed by atoms with Gasteiger partial charge in [0.15, 0.2) is 0 Å². The molecule has 17 heavy (non-hydrogen) atoms. The molecule has 0 aliphatic rings. The summed E-state index contributed by atoms with van der Waals surface area (Å²) in [6.07, 6.45) is -3.44. The van der Waals surface area contributed by atoms with Gasteiger partial charge < -0.3 is 4.74 Å². The maximum Gasteiger partial charge on any atom is 0.573 e. The van der Waals surface area contributed by atoms with Crippen LogP contribution in [-0.4, -0.2) is 12.2 Å². The number of benzene rings is 1. The minimum Gasteiger partial charge on any atom is -0.405 e. The van der Waals surface area contributed by atoms with E-state index < -0.39 is 6.36 Å². The topological polar surface area (TPSA) is 9.23 Å². The molecule has 1 aromatic carbocycles. The van der Waals surface area contributed by atoms with Crippen LogP contribution in [0.3, 0.4) is 0 Å². The van der Waals surface area contributed by atoms with Gasteiger partial charge in [-0.05, 0) is 24.5 Å². The van der Waals surface area contributed by atoms with Gasteiger partial charge in [0, 0.05) is 11.4 Å². The standard InChI is InChI=1S/C11H11Cl2F3O/c12-6-2-4-8-3-1-5-10(9(8)7-13)17-11(14,15)16/h1,3,5H,2,4,6-7H2. The summed E-state index contributed by atoms with van der Waals surface area (Å²) in [6.45, 7) is 0. The highest BCUT2D eigenvalue weighted by molar-refractivity contribution is 6.18. The van der Waals surface area contributed by atoms with Crippen LogP contribution in [0.4, 0.5) is 13.2 Å². The molecular weight excluding hydrogens is 276 g/mol. The number of hydrogen-bond donors (Lipinski definition) is 0. The number of hydrogen-bond acceptors (Lipinski definition) is 1. The van der Waals surface area contributed by atoms with Crippen LogP contribution in [0.15, 0.2) is 18.2 Å². The number of aryl methyl sites for hydroxylation is 1. The maximum atomic E-state index is 12.2. The second-order valence-corrected chi connectivity index (χ2v) is 4.01. The van der Waals surface area contributed by atoms with Gasteiger partial charge in [-0.3, -0.25) is 0 Å². The molecule has 0 unspecified atom stereocenters. The molecule has 0 saturated heterocycles. The fourth-order valence-corrected chi connectivity index (χ4v) is 1.91. The van der Waals surface area contributed by atoms with Crippen molar-refractivity contribution in [2.24, 2.45) is 0 Å². The first kappa shape index (κ1) is 14.5. The first-order chi connectivity index (χ1) is 7.98. The normalized spacial score (nSPS) is 11.6. The molecular formula is C11H11Cl2F3O. The Morgan fingerprint density at radius 2 is 1.88 bits per heavy atom. The molecule has 0 aliphatic carbocycles. The zero-order valence-corrected chi connectivity index (χ0v) is 10.4. The lowest BCUT2D eigenvalue weighted by molar-refractivity contribution is -0.274. The summed E-state index contributed by atoms with van der Waals surface area (Å²) >= 11 is 11.2. The van der Waals surface area contributed by atoms with Crippen LogP contribution in [0, 0.1) is 0 Å². The fourth-order valence-electron chi connectivity index (χ4n) is 1.47. The van der Waals surface area contributed by atoms with Gasteiger partial charge in [-0.15, -0.1) is 36.4 Å². The van der Waals surface area contributed by atoms with Gasteiger partial charge in [-0.25, -0.2) is 0 Å². The van der Waals surface area contributed by atoms with Gasteiger partial charge >= 0.3 is 6.36 Å². The van der Waals surface area contributed by atoms with Gasteiger partial charge in [0.05, 0.1) is 5.88 Å². The lowest BCUT2D eigenvalue weighted by Gasteiger charge is -2.15. The van der Waals surface area contributed by atoms with E-state index in [1.165, 1.54) is 12.1 Å². The summed E-state index contributed by atoms with van der Waals surface area (Å²) < 4.78 is 40.4. The van der Waals surface area contributed by atoms with Crippen molar-refractivity contribution >= 4 is 23.2 Å². The van der Waals surface area contributed by atoms with Crippen LogP contribution >= 0.6 is 23.2 Å². The average Bonchev–Trinajstić information content (AvgIpc) is 2.24. The first-order valence-electron chi connectivity index (χ1n) is 4.96. The van der Waals surface area contributed by atoms with Crippen molar-refractivity contribution in [3.63, 3.8) is 0 Å². The van der Waals surface area contributed by atoms with E-state index in [1.54, 1.807) is 6.07 Å². The summed E-state index contributed by atoms with van der Waals surface area (Å²) in [6, 6.07) is 4.50. The zero-order chi connectivity index (χ0) is 12.9. The third-order valence-electron chi connectivity index (χ3n) is 2.17. The Labute approximate surface area is 107 Å². The molecule has 0 aromatic heterocycles. The predicted molar refractivity (Wildman–Crippen MR) is 61.7 cm³/mol. The minimum absolute atomic E-state index is 0.0239. The number of halogens is 5. The molecule has 0 amide bonds. The van der Waals surface area contributed by atoms with Crippen LogP contribution in [-0.2, 0) is 12.3 Å². The highest BCUT2D eigenvalue weighted by atomic mass is 35.5. The highest BCUT2D eigenvalue weighted by Gasteiger charge is 2.32. The van der Waals surface area contributed by atoms with Crippen molar-refractivity contribution in [2.75, 3.05) is 5.88 Å². The van der Waals surface area contributed by atoms with Gasteiger partial charge in [-0.2, -0.15) is 0 Å². The van der Waals surface area contributed by atoms with E-state index in [0.29, 0.717) is 24.3 Å². The fraction of sp³-hybridized carbons (Fsp3) is 0.455. The summed E-state index contributed by atoms with van der Waals surface area (Å²) in [5.41, 5.74) is 1.11. The van der Waals surface area contributed by atoms with Crippen molar-refractivity contribution in [2.45, 2.75) is 25.1 Å². The van der Waals surface area contributed by atoms with Crippen LogP contribution in [0.2, 0.25) is 0 Å². The minimum atomic E-state index is -4.70. The van der Waals surface area contributed by atoms with Gasteiger partial charge in [0.1, 0.15) is 5.75 Å². The van der Waals surface area contributed by atoms with Crippen LogP contribution in [0.25, 0.3) is 0 Å². The third-order valence-corrected chi connectivity index (χ3v) is 2.70. The zero-order valence-electron chi connectivity index (χ0n) is 8.86. The first-order valence-corrected chi connectivity index (χ1v) is 6.03. The van der Waals surface area contributed by atoms with E-state index in [1.807, 2.05) is 0 Å². The molecule has 0 atom stereocenters. The molecule has 6 heteroatoms. The quantitative estimate of drug-likeness (QED) is 0.725. The van der Waals surface area contributed by atoms with E-state index in [9.17, 15) is 13.2 Å². The summed E-state index contributed by atoms with van der Waals surface area (Å²) in [5.74, 6) is 0.190. The molecule has 0 fully saturated rings. The lowest BCUT2D eigenvalue weighted by Crippen LogP contribution is -2.18. The second-order valence-electron chi connectivity index (χ2n) is 3.37. The highest BCUT2D eigenvalue weighted by Crippen LogP contribution is 2.30. The molecule has 0 bridgehead atoms. The van der Waals surface area contributed by atoms with Crippen molar-refractivity contribution in [1.29, 1.82) is 0 Å². The van der Waals surface area contributed by atoms with Crippen LogP contribution in [0.1, 0.15) is 17.5 Å². The Morgan fingerprint density at radius 1 is 1.18 bits per heavy atom. The smallest absolute Gasteiger partial charge is 0.405 e. The Balaban J connectivity index is 2.97. The number of alkyl halides is 5. The molecule has 1 aromatic rings. The maximum absolute atomic E-state index is 12.2. The Bertz CT molecular complexity index is 366. The van der Waals surface area contributed by atoms with Crippen LogP contribution in [0.5, 0.6) is 5.75 Å². The molecule has 0 heterocycles. The van der Waals surface area contributed by atoms with E-state index in [0.717, 1.165) is 5.56 Å². The summed E-state index contributed by atoms with van der Waals surface area (Å²) in [7, 11) is 0. The number of ether oxygens (including phenoxy) is 1.